The molecule has 8 nitrogen and oxygen atoms in total. The number of anilines is 1. The molecule has 1 unspecified atom stereocenters. The van der Waals surface area contributed by atoms with Crippen molar-refractivity contribution < 1.29 is 14.7 Å². The number of carboxylic acid groups (broad SMARTS) is 1. The third-order valence-electron chi connectivity index (χ3n) is 3.82. The van der Waals surface area contributed by atoms with E-state index in [-0.39, 0.29) is 18.4 Å². The first-order chi connectivity index (χ1) is 9.45. The highest BCUT2D eigenvalue weighted by atomic mass is 16.4. The van der Waals surface area contributed by atoms with Gasteiger partial charge >= 0.3 is 12.0 Å². The average Bonchev–Trinajstić information content (AvgIpc) is 2.86. The van der Waals surface area contributed by atoms with Crippen LogP contribution in [-0.4, -0.2) is 50.3 Å². The third kappa shape index (κ3) is 2.54. The van der Waals surface area contributed by atoms with Crippen LogP contribution < -0.4 is 5.32 Å². The number of amides is 2. The van der Waals surface area contributed by atoms with Gasteiger partial charge in [-0.15, -0.1) is 5.10 Å². The summed E-state index contributed by atoms with van der Waals surface area (Å²) >= 11 is 0. The number of aliphatic carboxylic acids is 1. The molecule has 1 aromatic heterocycles. The molecule has 1 fully saturated rings. The van der Waals surface area contributed by atoms with E-state index in [1.807, 2.05) is 13.8 Å². The molecule has 2 N–H and O–H groups in total. The van der Waals surface area contributed by atoms with E-state index in [1.165, 1.54) is 17.3 Å². The molecule has 108 valence electrons. The maximum absolute atomic E-state index is 12.1. The largest absolute Gasteiger partial charge is 0.481 e. The molecule has 0 bridgehead atoms. The molecule has 0 saturated carbocycles. The Morgan fingerprint density at radius 3 is 2.70 bits per heavy atom. The number of likely N-dealkylation sites (tertiary alicyclic amines) is 1. The fourth-order valence-electron chi connectivity index (χ4n) is 2.38. The SMILES string of the molecule is CC(C)C1(C(=O)O)CCN(C(=O)Nc2nccnn2)C1. The van der Waals surface area contributed by atoms with Gasteiger partial charge in [-0.05, 0) is 12.3 Å². The molecule has 2 heterocycles. The first kappa shape index (κ1) is 14.2. The van der Waals surface area contributed by atoms with E-state index >= 15 is 0 Å². The second-order valence-electron chi connectivity index (χ2n) is 5.18. The molecule has 1 aliphatic rings. The molecule has 0 aromatic carbocycles. The van der Waals surface area contributed by atoms with Gasteiger partial charge < -0.3 is 10.0 Å². The lowest BCUT2D eigenvalue weighted by molar-refractivity contribution is -0.150. The Balaban J connectivity index is 2.05. The predicted molar refractivity (Wildman–Crippen MR) is 69.9 cm³/mol. The van der Waals surface area contributed by atoms with Gasteiger partial charge in [0.2, 0.25) is 0 Å². The minimum atomic E-state index is -0.882. The van der Waals surface area contributed by atoms with Crippen molar-refractivity contribution >= 4 is 17.9 Å². The second-order valence-corrected chi connectivity index (χ2v) is 5.18. The molecule has 2 amide bonds. The fraction of sp³-hybridized carbons (Fsp3) is 0.583. The van der Waals surface area contributed by atoms with Crippen LogP contribution in [0, 0.1) is 11.3 Å². The van der Waals surface area contributed by atoms with E-state index in [9.17, 15) is 14.7 Å². The Kier molecular flexibility index (Phi) is 3.82. The van der Waals surface area contributed by atoms with Gasteiger partial charge in [-0.2, -0.15) is 5.10 Å². The fourth-order valence-corrected chi connectivity index (χ4v) is 2.38. The van der Waals surface area contributed by atoms with E-state index in [1.54, 1.807) is 0 Å². The van der Waals surface area contributed by atoms with E-state index in [0.717, 1.165) is 0 Å². The molecule has 0 aliphatic carbocycles. The number of nitrogens with one attached hydrogen (secondary N) is 1. The number of aromatic nitrogens is 3. The molecule has 20 heavy (non-hydrogen) atoms. The topological polar surface area (TPSA) is 108 Å². The van der Waals surface area contributed by atoms with E-state index < -0.39 is 17.4 Å². The predicted octanol–water partition coefficient (Wildman–Crippen LogP) is 0.836. The van der Waals surface area contributed by atoms with Gasteiger partial charge in [-0.25, -0.2) is 9.78 Å². The summed E-state index contributed by atoms with van der Waals surface area (Å²) in [6.45, 7) is 4.31. The molecular formula is C12H17N5O3. The molecule has 2 rings (SSSR count). The maximum Gasteiger partial charge on any atom is 0.324 e. The molecule has 1 aromatic rings. The van der Waals surface area contributed by atoms with Crippen molar-refractivity contribution in [1.82, 2.24) is 20.1 Å². The van der Waals surface area contributed by atoms with Crippen LogP contribution in [0.4, 0.5) is 10.7 Å². The summed E-state index contributed by atoms with van der Waals surface area (Å²) in [5.41, 5.74) is -0.882. The average molecular weight is 279 g/mol. The lowest BCUT2D eigenvalue weighted by atomic mass is 9.76. The minimum Gasteiger partial charge on any atom is -0.481 e. The summed E-state index contributed by atoms with van der Waals surface area (Å²) in [4.78, 5) is 28.9. The zero-order chi connectivity index (χ0) is 14.8. The Morgan fingerprint density at radius 2 is 2.20 bits per heavy atom. The van der Waals surface area contributed by atoms with Crippen LogP contribution in [-0.2, 0) is 4.79 Å². The lowest BCUT2D eigenvalue weighted by Crippen LogP contribution is -2.41. The summed E-state index contributed by atoms with van der Waals surface area (Å²) in [5, 5.41) is 19.2. The lowest BCUT2D eigenvalue weighted by Gasteiger charge is -2.28. The molecule has 0 radical (unpaired) electrons. The molecule has 8 heteroatoms. The van der Waals surface area contributed by atoms with Crippen LogP contribution in [0.25, 0.3) is 0 Å². The van der Waals surface area contributed by atoms with E-state index in [4.69, 9.17) is 0 Å². The highest BCUT2D eigenvalue weighted by molar-refractivity contribution is 5.88. The van der Waals surface area contributed by atoms with Crippen molar-refractivity contribution in [1.29, 1.82) is 0 Å². The van der Waals surface area contributed by atoms with Gasteiger partial charge in [0.15, 0.2) is 0 Å². The van der Waals surface area contributed by atoms with Crippen molar-refractivity contribution in [2.45, 2.75) is 20.3 Å². The number of urea groups is 1. The molecule has 1 atom stereocenters. The Labute approximate surface area is 116 Å². The third-order valence-corrected chi connectivity index (χ3v) is 3.82. The maximum atomic E-state index is 12.1. The zero-order valence-electron chi connectivity index (χ0n) is 11.4. The van der Waals surface area contributed by atoms with Crippen molar-refractivity contribution in [3.8, 4) is 0 Å². The van der Waals surface area contributed by atoms with Gasteiger partial charge in [0.25, 0.3) is 5.95 Å². The van der Waals surface area contributed by atoms with Crippen molar-refractivity contribution in [3.63, 3.8) is 0 Å². The smallest absolute Gasteiger partial charge is 0.324 e. The normalized spacial score (nSPS) is 22.1. The van der Waals surface area contributed by atoms with Crippen molar-refractivity contribution in [3.05, 3.63) is 12.4 Å². The van der Waals surface area contributed by atoms with Crippen LogP contribution in [0.5, 0.6) is 0 Å². The highest BCUT2D eigenvalue weighted by Crippen LogP contribution is 2.38. The Bertz CT molecular complexity index is 507. The molecule has 1 saturated heterocycles. The first-order valence-corrected chi connectivity index (χ1v) is 6.39. The van der Waals surface area contributed by atoms with Crippen molar-refractivity contribution in [2.24, 2.45) is 11.3 Å². The summed E-state index contributed by atoms with van der Waals surface area (Å²) in [6.07, 6.45) is 3.27. The van der Waals surface area contributed by atoms with Gasteiger partial charge in [0, 0.05) is 13.1 Å². The summed E-state index contributed by atoms with van der Waals surface area (Å²) in [7, 11) is 0. The van der Waals surface area contributed by atoms with Gasteiger partial charge in [-0.3, -0.25) is 10.1 Å². The number of carboxylic acids is 1. The Morgan fingerprint density at radius 1 is 1.45 bits per heavy atom. The zero-order valence-corrected chi connectivity index (χ0v) is 11.4. The van der Waals surface area contributed by atoms with Gasteiger partial charge in [0.05, 0.1) is 17.8 Å². The standard InChI is InChI=1S/C12H17N5O3/c1-8(2)12(9(18)19)3-6-17(7-12)11(20)15-10-13-4-5-14-16-10/h4-5,8H,3,6-7H2,1-2H3,(H,18,19)(H,13,15,16,20). The quantitative estimate of drug-likeness (QED) is 0.848. The van der Waals surface area contributed by atoms with Crippen LogP contribution >= 0.6 is 0 Å². The monoisotopic (exact) mass is 279 g/mol. The van der Waals surface area contributed by atoms with Crippen LogP contribution in [0.2, 0.25) is 0 Å². The van der Waals surface area contributed by atoms with Gasteiger partial charge in [0.1, 0.15) is 0 Å². The van der Waals surface area contributed by atoms with Crippen LogP contribution in [0.1, 0.15) is 20.3 Å². The van der Waals surface area contributed by atoms with Gasteiger partial charge in [-0.1, -0.05) is 13.8 Å². The Hall–Kier alpha value is -2.25. The number of hydrogen-bond acceptors (Lipinski definition) is 5. The summed E-state index contributed by atoms with van der Waals surface area (Å²) in [6, 6.07) is -0.401. The van der Waals surface area contributed by atoms with Crippen molar-refractivity contribution in [2.75, 3.05) is 18.4 Å². The van der Waals surface area contributed by atoms with E-state index in [2.05, 4.69) is 20.5 Å². The van der Waals surface area contributed by atoms with Crippen LogP contribution in [0.3, 0.4) is 0 Å². The van der Waals surface area contributed by atoms with E-state index in [0.29, 0.717) is 13.0 Å². The first-order valence-electron chi connectivity index (χ1n) is 6.39. The molecule has 0 spiro atoms. The second kappa shape index (κ2) is 5.40. The minimum absolute atomic E-state index is 0.0487. The number of rotatable bonds is 3. The number of carbonyl (C=O) groups is 2. The molecular weight excluding hydrogens is 262 g/mol. The molecule has 1 aliphatic heterocycles. The highest BCUT2D eigenvalue weighted by Gasteiger charge is 2.48. The number of carbonyl (C=O) groups excluding carboxylic acids is 1. The van der Waals surface area contributed by atoms with Crippen LogP contribution in [0.15, 0.2) is 12.4 Å². The summed E-state index contributed by atoms with van der Waals surface area (Å²) < 4.78 is 0. The number of hydrogen-bond donors (Lipinski definition) is 2. The summed E-state index contributed by atoms with van der Waals surface area (Å²) in [5.74, 6) is -0.803. The number of nitrogens with zero attached hydrogens (tertiary/aromatic N) is 4.